The summed E-state index contributed by atoms with van der Waals surface area (Å²) >= 11 is 0. The van der Waals surface area contributed by atoms with E-state index in [4.69, 9.17) is 0 Å². The Kier molecular flexibility index (Phi) is 2.62. The van der Waals surface area contributed by atoms with E-state index in [2.05, 4.69) is 35.3 Å². The van der Waals surface area contributed by atoms with E-state index < -0.39 is 0 Å². The summed E-state index contributed by atoms with van der Waals surface area (Å²) in [7, 11) is 0. The standard InChI is InChI=1S/C15H19N3O/c1-10-4-12-13(5-15(2,3)6-14(12)19)18(10)8-11-7-16-9-17-11/h4,7,9H,5-6,8H2,1-3H3,(H,16,17). The van der Waals surface area contributed by atoms with Crippen LogP contribution in [0.4, 0.5) is 0 Å². The molecule has 0 aromatic carbocycles. The average Bonchev–Trinajstić information content (AvgIpc) is 2.90. The number of aryl methyl sites for hydroxylation is 1. The number of imidazole rings is 1. The number of nitrogens with one attached hydrogen (secondary N) is 1. The van der Waals surface area contributed by atoms with Crippen molar-refractivity contribution in [1.82, 2.24) is 14.5 Å². The second kappa shape index (κ2) is 4.08. The van der Waals surface area contributed by atoms with Crippen LogP contribution in [0.5, 0.6) is 0 Å². The Morgan fingerprint density at radius 1 is 1.42 bits per heavy atom. The topological polar surface area (TPSA) is 50.7 Å². The number of fused-ring (bicyclic) bond motifs is 1. The van der Waals surface area contributed by atoms with Crippen LogP contribution in [0.3, 0.4) is 0 Å². The summed E-state index contributed by atoms with van der Waals surface area (Å²) in [6, 6.07) is 2.03. The molecular formula is C15H19N3O. The Hall–Kier alpha value is -1.84. The van der Waals surface area contributed by atoms with Gasteiger partial charge in [0.1, 0.15) is 0 Å². The van der Waals surface area contributed by atoms with Crippen LogP contribution in [0.25, 0.3) is 0 Å². The minimum Gasteiger partial charge on any atom is -0.347 e. The number of Topliss-reactive ketones (excluding diaryl/α,β-unsaturated/α-hetero) is 1. The van der Waals surface area contributed by atoms with Crippen LogP contribution in [0.15, 0.2) is 18.6 Å². The monoisotopic (exact) mass is 257 g/mol. The van der Waals surface area contributed by atoms with E-state index in [-0.39, 0.29) is 11.2 Å². The molecule has 1 aliphatic carbocycles. The molecule has 0 saturated carbocycles. The number of hydrogen-bond donors (Lipinski definition) is 1. The van der Waals surface area contributed by atoms with Crippen molar-refractivity contribution in [1.29, 1.82) is 0 Å². The number of aromatic nitrogens is 3. The summed E-state index contributed by atoms with van der Waals surface area (Å²) < 4.78 is 2.24. The van der Waals surface area contributed by atoms with E-state index in [1.54, 1.807) is 6.33 Å². The Bertz CT molecular complexity index is 620. The first kappa shape index (κ1) is 12.2. The van der Waals surface area contributed by atoms with Gasteiger partial charge in [-0.25, -0.2) is 4.98 Å². The van der Waals surface area contributed by atoms with Gasteiger partial charge in [-0.3, -0.25) is 4.79 Å². The number of hydrogen-bond acceptors (Lipinski definition) is 2. The molecule has 3 rings (SSSR count). The van der Waals surface area contributed by atoms with Crippen molar-refractivity contribution >= 4 is 5.78 Å². The van der Waals surface area contributed by atoms with Crippen LogP contribution in [0.2, 0.25) is 0 Å². The fourth-order valence-corrected chi connectivity index (χ4v) is 2.97. The second-order valence-electron chi connectivity index (χ2n) is 6.25. The molecule has 100 valence electrons. The number of rotatable bonds is 2. The van der Waals surface area contributed by atoms with Crippen molar-refractivity contribution in [3.8, 4) is 0 Å². The van der Waals surface area contributed by atoms with E-state index >= 15 is 0 Å². The molecule has 0 bridgehead atoms. The third-order valence-corrected chi connectivity index (χ3v) is 3.88. The summed E-state index contributed by atoms with van der Waals surface area (Å²) in [5.74, 6) is 0.276. The van der Waals surface area contributed by atoms with Crippen LogP contribution in [0.1, 0.15) is 47.7 Å². The Labute approximate surface area is 112 Å². The molecule has 1 N–H and O–H groups in total. The normalized spacial score (nSPS) is 17.5. The number of H-pyrrole nitrogens is 1. The molecule has 0 atom stereocenters. The van der Waals surface area contributed by atoms with Gasteiger partial charge in [-0.15, -0.1) is 0 Å². The number of ketones is 1. The van der Waals surface area contributed by atoms with Crippen LogP contribution in [0, 0.1) is 12.3 Å². The molecule has 2 heterocycles. The van der Waals surface area contributed by atoms with Gasteiger partial charge in [0, 0.05) is 29.6 Å². The Morgan fingerprint density at radius 2 is 2.21 bits per heavy atom. The van der Waals surface area contributed by atoms with Crippen molar-refractivity contribution in [2.45, 2.75) is 40.2 Å². The van der Waals surface area contributed by atoms with Crippen LogP contribution >= 0.6 is 0 Å². The zero-order valence-corrected chi connectivity index (χ0v) is 11.7. The summed E-state index contributed by atoms with van der Waals surface area (Å²) in [5, 5.41) is 0. The van der Waals surface area contributed by atoms with Gasteiger partial charge >= 0.3 is 0 Å². The van der Waals surface area contributed by atoms with E-state index in [1.807, 2.05) is 12.3 Å². The number of nitrogens with zero attached hydrogens (tertiary/aromatic N) is 2. The van der Waals surface area contributed by atoms with E-state index in [0.717, 1.165) is 29.9 Å². The lowest BCUT2D eigenvalue weighted by Crippen LogP contribution is -2.28. The lowest BCUT2D eigenvalue weighted by atomic mass is 9.76. The van der Waals surface area contributed by atoms with Gasteiger partial charge in [0.25, 0.3) is 0 Å². The molecule has 2 aromatic heterocycles. The van der Waals surface area contributed by atoms with Crippen molar-refractivity contribution in [3.05, 3.63) is 41.2 Å². The summed E-state index contributed by atoms with van der Waals surface area (Å²) in [5.41, 5.74) is 4.35. The zero-order valence-electron chi connectivity index (χ0n) is 11.7. The maximum absolute atomic E-state index is 12.2. The smallest absolute Gasteiger partial charge is 0.165 e. The average molecular weight is 257 g/mol. The van der Waals surface area contributed by atoms with E-state index in [1.165, 1.54) is 5.69 Å². The van der Waals surface area contributed by atoms with Gasteiger partial charge < -0.3 is 9.55 Å². The molecule has 0 saturated heterocycles. The summed E-state index contributed by atoms with van der Waals surface area (Å²) in [4.78, 5) is 19.4. The molecule has 0 spiro atoms. The van der Waals surface area contributed by atoms with Crippen LogP contribution in [-0.2, 0) is 13.0 Å². The molecule has 0 radical (unpaired) electrons. The number of aromatic amines is 1. The molecule has 0 amide bonds. The van der Waals surface area contributed by atoms with Gasteiger partial charge in [-0.1, -0.05) is 13.8 Å². The van der Waals surface area contributed by atoms with Crippen LogP contribution < -0.4 is 0 Å². The lowest BCUT2D eigenvalue weighted by molar-refractivity contribution is 0.0910. The van der Waals surface area contributed by atoms with Gasteiger partial charge in [-0.2, -0.15) is 0 Å². The molecule has 0 aliphatic heterocycles. The van der Waals surface area contributed by atoms with Crippen molar-refractivity contribution in [2.75, 3.05) is 0 Å². The third kappa shape index (κ3) is 2.11. The highest BCUT2D eigenvalue weighted by molar-refractivity contribution is 5.99. The van der Waals surface area contributed by atoms with Crippen molar-refractivity contribution in [2.24, 2.45) is 5.41 Å². The SMILES string of the molecule is Cc1cc2c(n1Cc1cnc[nH]1)CC(C)(C)CC2=O. The third-order valence-electron chi connectivity index (χ3n) is 3.88. The first-order valence-electron chi connectivity index (χ1n) is 6.66. The molecular weight excluding hydrogens is 238 g/mol. The zero-order chi connectivity index (χ0) is 13.6. The predicted molar refractivity (Wildman–Crippen MR) is 73.3 cm³/mol. The summed E-state index contributed by atoms with van der Waals surface area (Å²) in [6.07, 6.45) is 5.13. The van der Waals surface area contributed by atoms with Gasteiger partial charge in [-0.05, 0) is 24.8 Å². The summed E-state index contributed by atoms with van der Waals surface area (Å²) in [6.45, 7) is 7.15. The highest BCUT2D eigenvalue weighted by Gasteiger charge is 2.33. The minimum atomic E-state index is 0.0562. The minimum absolute atomic E-state index is 0.0562. The first-order valence-corrected chi connectivity index (χ1v) is 6.66. The van der Waals surface area contributed by atoms with Gasteiger partial charge in [0.05, 0.1) is 18.6 Å². The fourth-order valence-electron chi connectivity index (χ4n) is 2.97. The lowest BCUT2D eigenvalue weighted by Gasteiger charge is -2.29. The molecule has 0 unspecified atom stereocenters. The second-order valence-corrected chi connectivity index (χ2v) is 6.25. The van der Waals surface area contributed by atoms with Crippen molar-refractivity contribution in [3.63, 3.8) is 0 Å². The molecule has 1 aliphatic rings. The van der Waals surface area contributed by atoms with Gasteiger partial charge in [0.15, 0.2) is 5.78 Å². The Balaban J connectivity index is 2.04. The largest absolute Gasteiger partial charge is 0.347 e. The van der Waals surface area contributed by atoms with Gasteiger partial charge in [0.2, 0.25) is 0 Å². The van der Waals surface area contributed by atoms with E-state index in [0.29, 0.717) is 6.42 Å². The highest BCUT2D eigenvalue weighted by Crippen LogP contribution is 2.36. The maximum atomic E-state index is 12.2. The molecule has 2 aromatic rings. The molecule has 4 nitrogen and oxygen atoms in total. The number of carbonyl (C=O) groups is 1. The molecule has 0 fully saturated rings. The first-order chi connectivity index (χ1) is 8.96. The Morgan fingerprint density at radius 3 is 2.89 bits per heavy atom. The maximum Gasteiger partial charge on any atom is 0.165 e. The quantitative estimate of drug-likeness (QED) is 0.899. The molecule has 19 heavy (non-hydrogen) atoms. The molecule has 4 heteroatoms. The highest BCUT2D eigenvalue weighted by atomic mass is 16.1. The predicted octanol–water partition coefficient (Wildman–Crippen LogP) is 2.72. The van der Waals surface area contributed by atoms with E-state index in [9.17, 15) is 4.79 Å². The van der Waals surface area contributed by atoms with Crippen LogP contribution in [-0.4, -0.2) is 20.3 Å². The number of carbonyl (C=O) groups excluding carboxylic acids is 1. The fraction of sp³-hybridized carbons (Fsp3) is 0.467. The van der Waals surface area contributed by atoms with Crippen molar-refractivity contribution < 1.29 is 4.79 Å².